The lowest BCUT2D eigenvalue weighted by Gasteiger charge is -2.37. The van der Waals surface area contributed by atoms with Crippen LogP contribution in [-0.2, 0) is 6.54 Å². The number of methoxy groups -OCH3 is 3. The van der Waals surface area contributed by atoms with E-state index < -0.39 is 0 Å². The lowest BCUT2D eigenvalue weighted by molar-refractivity contribution is 0.181. The fraction of sp³-hybridized carbons (Fsp3) is 0.261. The Morgan fingerprint density at radius 2 is 1.68 bits per heavy atom. The Kier molecular flexibility index (Phi) is 5.95. The summed E-state index contributed by atoms with van der Waals surface area (Å²) < 4.78 is 18.7. The first-order chi connectivity index (χ1) is 15.0. The normalized spacial score (nSPS) is 15.2. The quantitative estimate of drug-likeness (QED) is 0.617. The van der Waals surface area contributed by atoms with Gasteiger partial charge in [0.15, 0.2) is 11.5 Å². The smallest absolute Gasteiger partial charge is 0.322 e. The van der Waals surface area contributed by atoms with Gasteiger partial charge in [0.25, 0.3) is 0 Å². The second kappa shape index (κ2) is 8.81. The van der Waals surface area contributed by atoms with Crippen LogP contribution in [0, 0.1) is 0 Å². The minimum Gasteiger partial charge on any atom is -0.493 e. The summed E-state index contributed by atoms with van der Waals surface area (Å²) in [6.07, 6.45) is 2.02. The zero-order chi connectivity index (χ0) is 22.0. The molecule has 0 unspecified atom stereocenters. The second-order valence-corrected chi connectivity index (χ2v) is 7.55. The molecule has 0 radical (unpaired) electrons. The van der Waals surface area contributed by atoms with Crippen molar-refractivity contribution in [2.75, 3.05) is 33.2 Å². The fourth-order valence-corrected chi connectivity index (χ4v) is 4.07. The third kappa shape index (κ3) is 4.01. The molecular formula is C23H24ClN3O4. The Hall–Kier alpha value is -3.32. The molecule has 3 aromatic rings. The molecule has 2 heterocycles. The van der Waals surface area contributed by atoms with Gasteiger partial charge in [0.2, 0.25) is 5.75 Å². The zero-order valence-electron chi connectivity index (χ0n) is 17.6. The lowest BCUT2D eigenvalue weighted by Crippen LogP contribution is -2.44. The molecular weight excluding hydrogens is 418 g/mol. The van der Waals surface area contributed by atoms with E-state index in [1.165, 1.54) is 0 Å². The Labute approximate surface area is 186 Å². The molecule has 0 spiro atoms. The van der Waals surface area contributed by atoms with E-state index in [1.807, 2.05) is 35.4 Å². The summed E-state index contributed by atoms with van der Waals surface area (Å²) in [6.45, 7) is 1.25. The third-order valence-electron chi connectivity index (χ3n) is 5.40. The van der Waals surface area contributed by atoms with E-state index >= 15 is 0 Å². The van der Waals surface area contributed by atoms with Crippen molar-refractivity contribution in [2.45, 2.75) is 12.6 Å². The number of nitrogens with zero attached hydrogens (tertiary/aromatic N) is 2. The maximum absolute atomic E-state index is 13.3. The van der Waals surface area contributed by atoms with Gasteiger partial charge in [-0.1, -0.05) is 11.6 Å². The van der Waals surface area contributed by atoms with Crippen molar-refractivity contribution in [1.29, 1.82) is 0 Å². The van der Waals surface area contributed by atoms with Crippen molar-refractivity contribution in [1.82, 2.24) is 9.47 Å². The van der Waals surface area contributed by atoms with Crippen molar-refractivity contribution in [3.8, 4) is 17.2 Å². The molecule has 2 aromatic carbocycles. The average Bonchev–Trinajstić information content (AvgIpc) is 3.27. The Morgan fingerprint density at radius 1 is 1.00 bits per heavy atom. The Morgan fingerprint density at radius 3 is 2.29 bits per heavy atom. The predicted molar refractivity (Wildman–Crippen MR) is 120 cm³/mol. The van der Waals surface area contributed by atoms with Crippen LogP contribution >= 0.6 is 11.6 Å². The van der Waals surface area contributed by atoms with E-state index in [4.69, 9.17) is 25.8 Å². The molecule has 0 saturated heterocycles. The van der Waals surface area contributed by atoms with Gasteiger partial charge in [-0.25, -0.2) is 4.79 Å². The Bertz CT molecular complexity index is 1060. The standard InChI is InChI=1S/C23H24ClN3O4/c1-29-19-13-15(14-20(30-2)22(19)31-3)21-18-5-4-10-26(18)11-12-27(21)23(28)25-17-8-6-16(24)7-9-17/h4-10,13-14,21H,11-12H2,1-3H3,(H,25,28)/t21-/m0/s1. The highest BCUT2D eigenvalue weighted by Gasteiger charge is 2.33. The summed E-state index contributed by atoms with van der Waals surface area (Å²) in [6, 6.07) is 14.3. The molecule has 0 bridgehead atoms. The number of carbonyl (C=O) groups is 1. The molecule has 162 valence electrons. The number of urea groups is 1. The maximum atomic E-state index is 13.3. The van der Waals surface area contributed by atoms with Gasteiger partial charge in [0.1, 0.15) is 0 Å². The SMILES string of the molecule is COc1cc([C@H]2c3cccn3CCN2C(=O)Nc2ccc(Cl)cc2)cc(OC)c1OC. The minimum absolute atomic E-state index is 0.200. The van der Waals surface area contributed by atoms with Crippen LogP contribution in [0.25, 0.3) is 0 Å². The number of anilines is 1. The molecule has 7 nitrogen and oxygen atoms in total. The number of rotatable bonds is 5. The molecule has 0 fully saturated rings. The topological polar surface area (TPSA) is 65.0 Å². The van der Waals surface area contributed by atoms with Crippen LogP contribution in [0.4, 0.5) is 10.5 Å². The summed E-state index contributed by atoms with van der Waals surface area (Å²) in [5.74, 6) is 1.59. The number of halogens is 1. The fourth-order valence-electron chi connectivity index (χ4n) is 3.94. The van der Waals surface area contributed by atoms with Gasteiger partial charge in [0.05, 0.1) is 27.4 Å². The first-order valence-corrected chi connectivity index (χ1v) is 10.2. The molecule has 1 N–H and O–H groups in total. The van der Waals surface area contributed by atoms with Crippen molar-refractivity contribution in [2.24, 2.45) is 0 Å². The molecule has 0 aliphatic carbocycles. The van der Waals surface area contributed by atoms with Crippen molar-refractivity contribution in [3.63, 3.8) is 0 Å². The Balaban J connectivity index is 1.75. The van der Waals surface area contributed by atoms with E-state index in [2.05, 4.69) is 9.88 Å². The molecule has 0 saturated carbocycles. The average molecular weight is 442 g/mol. The highest BCUT2D eigenvalue weighted by molar-refractivity contribution is 6.30. The van der Waals surface area contributed by atoms with Gasteiger partial charge >= 0.3 is 6.03 Å². The number of benzene rings is 2. The third-order valence-corrected chi connectivity index (χ3v) is 5.65. The molecule has 4 rings (SSSR count). The lowest BCUT2D eigenvalue weighted by atomic mass is 9.99. The van der Waals surface area contributed by atoms with Gasteiger partial charge in [-0.05, 0) is 54.1 Å². The minimum atomic E-state index is -0.329. The monoisotopic (exact) mass is 441 g/mol. The molecule has 1 atom stereocenters. The largest absolute Gasteiger partial charge is 0.493 e. The molecule has 2 amide bonds. The van der Waals surface area contributed by atoms with Crippen LogP contribution in [0.3, 0.4) is 0 Å². The van der Waals surface area contributed by atoms with Crippen molar-refractivity contribution >= 4 is 23.3 Å². The maximum Gasteiger partial charge on any atom is 0.322 e. The van der Waals surface area contributed by atoms with Crippen LogP contribution in [0.2, 0.25) is 5.02 Å². The van der Waals surface area contributed by atoms with Crippen LogP contribution in [0.15, 0.2) is 54.7 Å². The summed E-state index contributed by atoms with van der Waals surface area (Å²) in [4.78, 5) is 15.1. The number of ether oxygens (including phenoxy) is 3. The van der Waals surface area contributed by atoms with E-state index in [0.29, 0.717) is 41.0 Å². The van der Waals surface area contributed by atoms with Crippen LogP contribution in [0.5, 0.6) is 17.2 Å². The highest BCUT2D eigenvalue weighted by Crippen LogP contribution is 2.43. The van der Waals surface area contributed by atoms with E-state index in [-0.39, 0.29) is 12.1 Å². The first-order valence-electron chi connectivity index (χ1n) is 9.84. The summed E-state index contributed by atoms with van der Waals surface area (Å²) in [5, 5.41) is 3.59. The molecule has 8 heteroatoms. The molecule has 1 aliphatic rings. The van der Waals surface area contributed by atoms with Gasteiger partial charge in [-0.2, -0.15) is 0 Å². The summed E-state index contributed by atoms with van der Waals surface area (Å²) in [7, 11) is 4.73. The number of nitrogens with one attached hydrogen (secondary N) is 1. The van der Waals surface area contributed by atoms with E-state index in [0.717, 1.165) is 11.3 Å². The molecule has 1 aromatic heterocycles. The second-order valence-electron chi connectivity index (χ2n) is 7.12. The van der Waals surface area contributed by atoms with Gasteiger partial charge in [0, 0.05) is 35.7 Å². The number of hydrogen-bond acceptors (Lipinski definition) is 4. The van der Waals surface area contributed by atoms with Gasteiger partial charge in [-0.15, -0.1) is 0 Å². The highest BCUT2D eigenvalue weighted by atomic mass is 35.5. The number of hydrogen-bond donors (Lipinski definition) is 1. The van der Waals surface area contributed by atoms with Crippen LogP contribution in [-0.4, -0.2) is 43.4 Å². The number of carbonyl (C=O) groups excluding carboxylic acids is 1. The molecule has 1 aliphatic heterocycles. The van der Waals surface area contributed by atoms with E-state index in [9.17, 15) is 4.79 Å². The summed E-state index contributed by atoms with van der Waals surface area (Å²) >= 11 is 5.97. The summed E-state index contributed by atoms with van der Waals surface area (Å²) in [5.41, 5.74) is 2.55. The van der Waals surface area contributed by atoms with Crippen molar-refractivity contribution in [3.05, 3.63) is 71.0 Å². The zero-order valence-corrected chi connectivity index (χ0v) is 18.3. The van der Waals surface area contributed by atoms with Crippen LogP contribution in [0.1, 0.15) is 17.3 Å². The first kappa shape index (κ1) is 20.9. The number of aromatic nitrogens is 1. The predicted octanol–water partition coefficient (Wildman–Crippen LogP) is 4.80. The van der Waals surface area contributed by atoms with Crippen LogP contribution < -0.4 is 19.5 Å². The van der Waals surface area contributed by atoms with Gasteiger partial charge in [-0.3, -0.25) is 0 Å². The van der Waals surface area contributed by atoms with E-state index in [1.54, 1.807) is 45.6 Å². The van der Waals surface area contributed by atoms with Crippen molar-refractivity contribution < 1.29 is 19.0 Å². The van der Waals surface area contributed by atoms with Gasteiger partial charge < -0.3 is 29.0 Å². The molecule has 31 heavy (non-hydrogen) atoms. The number of amides is 2. The number of fused-ring (bicyclic) bond motifs is 1.